The molecule has 1 unspecified atom stereocenters. The largest absolute Gasteiger partial charge is 0.508 e. The van der Waals surface area contributed by atoms with Crippen LogP contribution < -0.4 is 5.73 Å². The molecule has 6 N–H and O–H groups in total. The predicted octanol–water partition coefficient (Wildman–Crippen LogP) is 3.34. The van der Waals surface area contributed by atoms with Gasteiger partial charge in [0.25, 0.3) is 5.91 Å². The molecule has 0 aromatic heterocycles. The van der Waals surface area contributed by atoms with Crippen molar-refractivity contribution in [3.63, 3.8) is 0 Å². The number of aliphatic hydroxyl groups excluding tert-OH is 2. The smallest absolute Gasteiger partial charge is 0.255 e. The highest BCUT2D eigenvalue weighted by Gasteiger charge is 2.64. The van der Waals surface area contributed by atoms with Crippen molar-refractivity contribution in [2.75, 3.05) is 20.1 Å². The van der Waals surface area contributed by atoms with E-state index in [9.17, 15) is 34.8 Å². The molecule has 44 heavy (non-hydrogen) atoms. The van der Waals surface area contributed by atoms with Crippen LogP contribution in [-0.2, 0) is 27.3 Å². The molecule has 2 fully saturated rings. The zero-order valence-corrected chi connectivity index (χ0v) is 25.3. The van der Waals surface area contributed by atoms with Crippen molar-refractivity contribution in [1.82, 2.24) is 9.80 Å². The van der Waals surface area contributed by atoms with Gasteiger partial charge in [0.15, 0.2) is 11.4 Å². The predicted molar refractivity (Wildman–Crippen MR) is 163 cm³/mol. The number of Topliss-reactive ketones (excluding diaryl/α,β-unsaturated/α-hetero) is 2. The number of hydrogen-bond donors (Lipinski definition) is 5. The Labute approximate surface area is 260 Å². The molecule has 0 bridgehead atoms. The Hall–Kier alpha value is -3.70. The Balaban J connectivity index is 1.45. The molecule has 1 aliphatic heterocycles. The molecule has 1 saturated carbocycles. The van der Waals surface area contributed by atoms with Gasteiger partial charge >= 0.3 is 0 Å². The lowest BCUT2D eigenvalue weighted by atomic mass is 9.57. The Bertz CT molecular complexity index is 1640. The van der Waals surface area contributed by atoms with Gasteiger partial charge in [-0.1, -0.05) is 48.9 Å². The van der Waals surface area contributed by atoms with Crippen molar-refractivity contribution in [3.8, 4) is 5.75 Å². The number of primary amides is 1. The van der Waals surface area contributed by atoms with Crippen molar-refractivity contribution in [2.24, 2.45) is 17.6 Å². The van der Waals surface area contributed by atoms with Crippen LogP contribution in [0, 0.1) is 11.8 Å². The summed E-state index contributed by atoms with van der Waals surface area (Å²) < 4.78 is 0. The monoisotopic (exact) mass is 621 g/mol. The Morgan fingerprint density at radius 1 is 1.18 bits per heavy atom. The summed E-state index contributed by atoms with van der Waals surface area (Å²) in [5, 5.41) is 46.1. The van der Waals surface area contributed by atoms with Crippen LogP contribution in [0.1, 0.15) is 54.5 Å². The number of halogens is 1. The van der Waals surface area contributed by atoms with E-state index in [-0.39, 0.29) is 35.8 Å². The molecule has 4 aliphatic rings. The number of benzene rings is 2. The topological polar surface area (TPSA) is 165 Å². The summed E-state index contributed by atoms with van der Waals surface area (Å²) in [5.74, 6) is -6.79. The molecule has 11 heteroatoms. The van der Waals surface area contributed by atoms with Crippen LogP contribution in [0.15, 0.2) is 53.3 Å². The second-order valence-electron chi connectivity index (χ2n) is 12.3. The molecule has 2 aromatic carbocycles. The van der Waals surface area contributed by atoms with E-state index in [1.165, 1.54) is 6.07 Å². The highest BCUT2D eigenvalue weighted by molar-refractivity contribution is 6.33. The summed E-state index contributed by atoms with van der Waals surface area (Å²) >= 11 is 7.08. The van der Waals surface area contributed by atoms with Crippen molar-refractivity contribution < 1.29 is 34.8 Å². The molecule has 2 aromatic rings. The third kappa shape index (κ3) is 4.38. The van der Waals surface area contributed by atoms with Crippen LogP contribution in [-0.4, -0.2) is 79.5 Å². The second kappa shape index (κ2) is 11.0. The van der Waals surface area contributed by atoms with Crippen molar-refractivity contribution in [3.05, 3.63) is 80.6 Å². The number of phenolic OH excluding ortho intramolecular Hbond substituents is 1. The maximum atomic E-state index is 14.1. The van der Waals surface area contributed by atoms with E-state index < -0.39 is 58.0 Å². The highest BCUT2D eigenvalue weighted by atomic mass is 35.5. The van der Waals surface area contributed by atoms with Gasteiger partial charge in [-0.15, -0.1) is 0 Å². The molecule has 5 atom stereocenters. The number of hydrogen-bond acceptors (Lipinski definition) is 9. The zero-order valence-electron chi connectivity index (χ0n) is 24.6. The average molecular weight is 622 g/mol. The zero-order chi connectivity index (χ0) is 31.7. The number of aromatic hydroxyl groups is 1. The van der Waals surface area contributed by atoms with Gasteiger partial charge in [0.05, 0.1) is 11.6 Å². The third-order valence-electron chi connectivity index (χ3n) is 10.1. The Morgan fingerprint density at radius 3 is 2.55 bits per heavy atom. The number of fused-ring (bicyclic) bond motifs is 3. The van der Waals surface area contributed by atoms with E-state index in [0.717, 1.165) is 30.5 Å². The summed E-state index contributed by atoms with van der Waals surface area (Å²) in [5.41, 5.74) is 4.10. The minimum atomic E-state index is -2.68. The molecule has 0 radical (unpaired) electrons. The van der Waals surface area contributed by atoms with Gasteiger partial charge in [-0.3, -0.25) is 24.2 Å². The first-order chi connectivity index (χ1) is 20.9. The van der Waals surface area contributed by atoms with E-state index >= 15 is 0 Å². The number of aliphatic hydroxyl groups is 3. The second-order valence-corrected chi connectivity index (χ2v) is 12.7. The molecule has 232 valence electrons. The fraction of sp³-hybridized carbons (Fsp3) is 0.424. The van der Waals surface area contributed by atoms with Crippen molar-refractivity contribution >= 4 is 34.8 Å². The molecular weight excluding hydrogens is 586 g/mol. The fourth-order valence-corrected chi connectivity index (χ4v) is 8.20. The SMILES string of the molecule is CCN(C)[C@@H]1C(=O)C(C(N)=O)=C(O)[C@@]2(O)C(=O)C3=C(O)c4c(O)cc(C5CCCN5Cc5ccccc5)c(Cl)c4C[C@H]3C[C@@H]12. The average Bonchev–Trinajstić information content (AvgIpc) is 3.44. The first kappa shape index (κ1) is 30.3. The van der Waals surface area contributed by atoms with Crippen LogP contribution in [0.5, 0.6) is 5.75 Å². The number of carbonyl (C=O) groups excluding carboxylic acids is 3. The normalized spacial score (nSPS) is 28.8. The number of nitrogens with zero attached hydrogens (tertiary/aromatic N) is 2. The van der Waals surface area contributed by atoms with E-state index in [1.54, 1.807) is 18.9 Å². The van der Waals surface area contributed by atoms with E-state index in [4.69, 9.17) is 17.3 Å². The van der Waals surface area contributed by atoms with Crippen LogP contribution in [0.25, 0.3) is 5.76 Å². The van der Waals surface area contributed by atoms with Crippen molar-refractivity contribution in [2.45, 2.75) is 56.8 Å². The highest BCUT2D eigenvalue weighted by Crippen LogP contribution is 2.54. The molecule has 1 saturated heterocycles. The van der Waals surface area contributed by atoms with Gasteiger partial charge in [0.2, 0.25) is 5.78 Å². The molecule has 3 aliphatic carbocycles. The van der Waals surface area contributed by atoms with Gasteiger partial charge in [-0.2, -0.15) is 0 Å². The number of ketones is 2. The Morgan fingerprint density at radius 2 is 1.89 bits per heavy atom. The third-order valence-corrected chi connectivity index (χ3v) is 10.5. The van der Waals surface area contributed by atoms with Crippen LogP contribution >= 0.6 is 11.6 Å². The summed E-state index contributed by atoms with van der Waals surface area (Å²) in [6.45, 7) is 3.68. The number of amides is 1. The standard InChI is InChI=1S/C33H36ClN3O7/c1-3-36(2)27-20-13-17-12-19-24(28(39)23(17)30(41)33(20,44)31(42)25(29(27)40)32(35)43)22(38)14-18(26(19)34)21-10-7-11-37(21)15-16-8-5-4-6-9-16/h4-6,8-9,14,17,20-21,27,38-39,42,44H,3,7,10-13,15H2,1-2H3,(H2,35,43)/t17-,20-,21?,27-,33-/m0/s1. The lowest BCUT2D eigenvalue weighted by Gasteiger charge is -2.50. The van der Waals surface area contributed by atoms with E-state index in [0.29, 0.717) is 23.7 Å². The first-order valence-corrected chi connectivity index (χ1v) is 15.3. The van der Waals surface area contributed by atoms with E-state index in [2.05, 4.69) is 17.0 Å². The molecule has 10 nitrogen and oxygen atoms in total. The number of rotatable bonds is 6. The quantitative estimate of drug-likeness (QED) is 0.304. The molecule has 0 spiro atoms. The fourth-order valence-electron chi connectivity index (χ4n) is 7.85. The molecule has 6 rings (SSSR count). The van der Waals surface area contributed by atoms with Gasteiger partial charge in [0, 0.05) is 29.1 Å². The summed E-state index contributed by atoms with van der Waals surface area (Å²) in [4.78, 5) is 43.7. The minimum Gasteiger partial charge on any atom is -0.508 e. The summed E-state index contributed by atoms with van der Waals surface area (Å²) in [6, 6.07) is 10.4. The number of nitrogens with two attached hydrogens (primary N) is 1. The van der Waals surface area contributed by atoms with Crippen LogP contribution in [0.4, 0.5) is 0 Å². The number of phenols is 1. The molecule has 1 amide bonds. The summed E-state index contributed by atoms with van der Waals surface area (Å²) in [7, 11) is 1.62. The number of likely N-dealkylation sites (N-methyl/N-ethyl adjacent to an activating group) is 1. The number of carbonyl (C=O) groups is 3. The van der Waals surface area contributed by atoms with Gasteiger partial charge in [0.1, 0.15) is 22.8 Å². The van der Waals surface area contributed by atoms with E-state index in [1.807, 2.05) is 18.2 Å². The van der Waals surface area contributed by atoms with Gasteiger partial charge in [-0.25, -0.2) is 0 Å². The number of likely N-dealkylation sites (tertiary alicyclic amines) is 1. The van der Waals surface area contributed by atoms with Crippen molar-refractivity contribution in [1.29, 1.82) is 0 Å². The lowest BCUT2D eigenvalue weighted by molar-refractivity contribution is -0.154. The lowest BCUT2D eigenvalue weighted by Crippen LogP contribution is -2.66. The minimum absolute atomic E-state index is 0.000660. The summed E-state index contributed by atoms with van der Waals surface area (Å²) in [6.07, 6.45) is 1.95. The maximum Gasteiger partial charge on any atom is 0.255 e. The maximum absolute atomic E-state index is 14.1. The van der Waals surface area contributed by atoms with Crippen LogP contribution in [0.3, 0.4) is 0 Å². The Kier molecular flexibility index (Phi) is 7.60. The molecule has 1 heterocycles. The van der Waals surface area contributed by atoms with Gasteiger partial charge < -0.3 is 26.2 Å². The first-order valence-electron chi connectivity index (χ1n) is 14.9. The molecular formula is C33H36ClN3O7. The van der Waals surface area contributed by atoms with Crippen LogP contribution in [0.2, 0.25) is 5.02 Å². The van der Waals surface area contributed by atoms with Gasteiger partial charge in [-0.05, 0) is 74.5 Å².